The van der Waals surface area contributed by atoms with Gasteiger partial charge in [-0.1, -0.05) is 82.9 Å². The molecule has 0 aliphatic rings. The highest BCUT2D eigenvalue weighted by Crippen LogP contribution is 2.48. The first-order chi connectivity index (χ1) is 10.6. The molecule has 0 N–H and O–H groups in total. The van der Waals surface area contributed by atoms with Gasteiger partial charge >= 0.3 is 0 Å². The summed E-state index contributed by atoms with van der Waals surface area (Å²) < 4.78 is 0. The summed E-state index contributed by atoms with van der Waals surface area (Å²) in [5, 5.41) is 2.57. The van der Waals surface area contributed by atoms with Crippen molar-refractivity contribution in [2.75, 3.05) is 0 Å². The molecule has 0 saturated carbocycles. The van der Waals surface area contributed by atoms with Crippen LogP contribution in [0, 0.1) is 0 Å². The van der Waals surface area contributed by atoms with Crippen LogP contribution < -0.4 is 0 Å². The molecule has 0 bridgehead atoms. The largest absolute Gasteiger partial charge is 0.0853 e. The molecule has 0 fully saturated rings. The summed E-state index contributed by atoms with van der Waals surface area (Å²) in [5.41, 5.74) is 2.69. The Hall–Kier alpha value is -0.280. The van der Waals surface area contributed by atoms with Crippen molar-refractivity contribution in [3.05, 3.63) is 69.7 Å². The second kappa shape index (κ2) is 9.12. The second-order valence-electron chi connectivity index (χ2n) is 5.09. The number of halogens is 2. The van der Waals surface area contributed by atoms with Gasteiger partial charge in [-0.25, -0.2) is 0 Å². The minimum Gasteiger partial charge on any atom is -0.0853 e. The van der Waals surface area contributed by atoms with E-state index in [1.54, 1.807) is 0 Å². The first-order valence-corrected chi connectivity index (χ1v) is 10.5. The quantitative estimate of drug-likeness (QED) is 0.453. The Kier molecular flexibility index (Phi) is 7.49. The van der Waals surface area contributed by atoms with E-state index < -0.39 is 0 Å². The van der Waals surface area contributed by atoms with Gasteiger partial charge in [-0.2, -0.15) is 0 Å². The van der Waals surface area contributed by atoms with Crippen LogP contribution in [0.3, 0.4) is 0 Å². The van der Waals surface area contributed by atoms with E-state index in [1.807, 2.05) is 45.9 Å². The van der Waals surface area contributed by atoms with Gasteiger partial charge in [0.15, 0.2) is 0 Å². The highest BCUT2D eigenvalue weighted by molar-refractivity contribution is 8.76. The molecule has 0 unspecified atom stereocenters. The topological polar surface area (TPSA) is 0 Å². The fourth-order valence-corrected chi connectivity index (χ4v) is 5.82. The third-order valence-electron chi connectivity index (χ3n) is 3.51. The van der Waals surface area contributed by atoms with Crippen molar-refractivity contribution in [3.63, 3.8) is 0 Å². The van der Waals surface area contributed by atoms with Crippen molar-refractivity contribution in [2.45, 2.75) is 37.2 Å². The Morgan fingerprint density at radius 3 is 1.27 bits per heavy atom. The molecule has 0 aliphatic heterocycles. The van der Waals surface area contributed by atoms with Gasteiger partial charge < -0.3 is 0 Å². The molecule has 4 heteroatoms. The molecular weight excluding hydrogens is 351 g/mol. The van der Waals surface area contributed by atoms with Crippen LogP contribution in [-0.4, -0.2) is 0 Å². The molecule has 0 nitrogen and oxygen atoms in total. The molecule has 0 saturated heterocycles. The van der Waals surface area contributed by atoms with E-state index in [1.165, 1.54) is 11.1 Å². The molecule has 118 valence electrons. The van der Waals surface area contributed by atoms with Gasteiger partial charge in [0.1, 0.15) is 0 Å². The Labute approximate surface area is 151 Å². The van der Waals surface area contributed by atoms with E-state index in [-0.39, 0.29) is 0 Å². The van der Waals surface area contributed by atoms with E-state index in [0.717, 1.165) is 22.9 Å². The first kappa shape index (κ1) is 18.1. The predicted octanol–water partition coefficient (Wildman–Crippen LogP) is 7.98. The highest BCUT2D eigenvalue weighted by Gasteiger charge is 2.16. The maximum atomic E-state index is 5.98. The zero-order valence-corrected chi connectivity index (χ0v) is 15.9. The standard InChI is InChI=1S/C18H20Cl2S2/c1-3-17(13-5-9-15(19)10-6-13)21-22-18(4-2)14-7-11-16(20)12-8-14/h5-12,17-18H,3-4H2,1-2H3/t17-,18-/m0/s1. The van der Waals surface area contributed by atoms with Crippen molar-refractivity contribution in [1.29, 1.82) is 0 Å². The van der Waals surface area contributed by atoms with Gasteiger partial charge in [-0.05, 0) is 48.2 Å². The lowest BCUT2D eigenvalue weighted by Gasteiger charge is -2.19. The van der Waals surface area contributed by atoms with Crippen LogP contribution >= 0.6 is 44.8 Å². The third-order valence-corrected chi connectivity index (χ3v) is 7.53. The number of rotatable bonds is 7. The van der Waals surface area contributed by atoms with E-state index >= 15 is 0 Å². The Bertz CT molecular complexity index is 513. The molecule has 22 heavy (non-hydrogen) atoms. The second-order valence-corrected chi connectivity index (χ2v) is 8.64. The Balaban J connectivity index is 2.01. The summed E-state index contributed by atoms with van der Waals surface area (Å²) in [6, 6.07) is 16.4. The molecule has 0 radical (unpaired) electrons. The fourth-order valence-electron chi connectivity index (χ4n) is 2.21. The van der Waals surface area contributed by atoms with Gasteiger partial charge in [-0.15, -0.1) is 0 Å². The molecule has 0 aromatic heterocycles. The lowest BCUT2D eigenvalue weighted by Crippen LogP contribution is -1.94. The van der Waals surface area contributed by atoms with Crippen molar-refractivity contribution < 1.29 is 0 Å². The summed E-state index contributed by atoms with van der Waals surface area (Å²) in [4.78, 5) is 0. The van der Waals surface area contributed by atoms with Crippen molar-refractivity contribution in [1.82, 2.24) is 0 Å². The van der Waals surface area contributed by atoms with Gasteiger partial charge in [0.05, 0.1) is 0 Å². The Morgan fingerprint density at radius 1 is 0.682 bits per heavy atom. The van der Waals surface area contributed by atoms with Crippen LogP contribution in [0.4, 0.5) is 0 Å². The zero-order valence-electron chi connectivity index (χ0n) is 12.8. The van der Waals surface area contributed by atoms with Crippen LogP contribution in [0.1, 0.15) is 48.3 Å². The van der Waals surface area contributed by atoms with Crippen LogP contribution in [-0.2, 0) is 0 Å². The minimum absolute atomic E-state index is 0.489. The number of hydrogen-bond acceptors (Lipinski definition) is 2. The minimum atomic E-state index is 0.489. The van der Waals surface area contributed by atoms with Crippen LogP contribution in [0.25, 0.3) is 0 Å². The lowest BCUT2D eigenvalue weighted by molar-refractivity contribution is 0.893. The highest BCUT2D eigenvalue weighted by atomic mass is 35.5. The maximum Gasteiger partial charge on any atom is 0.0406 e. The average molecular weight is 371 g/mol. The van der Waals surface area contributed by atoms with Gasteiger partial charge in [0.2, 0.25) is 0 Å². The summed E-state index contributed by atoms with van der Waals surface area (Å²) in [7, 11) is 3.91. The van der Waals surface area contributed by atoms with Crippen LogP contribution in [0.2, 0.25) is 10.0 Å². The van der Waals surface area contributed by atoms with Crippen molar-refractivity contribution in [3.8, 4) is 0 Å². The average Bonchev–Trinajstić information content (AvgIpc) is 2.54. The van der Waals surface area contributed by atoms with Crippen LogP contribution in [0.5, 0.6) is 0 Å². The van der Waals surface area contributed by atoms with Gasteiger partial charge in [0, 0.05) is 20.5 Å². The predicted molar refractivity (Wildman–Crippen MR) is 104 cm³/mol. The van der Waals surface area contributed by atoms with Crippen LogP contribution in [0.15, 0.2) is 48.5 Å². The van der Waals surface area contributed by atoms with Gasteiger partial charge in [-0.3, -0.25) is 0 Å². The summed E-state index contributed by atoms with van der Waals surface area (Å²) in [5.74, 6) is 0. The number of hydrogen-bond donors (Lipinski definition) is 0. The Morgan fingerprint density at radius 2 is 1.00 bits per heavy atom. The molecule has 2 aromatic carbocycles. The van der Waals surface area contributed by atoms with E-state index in [4.69, 9.17) is 23.2 Å². The maximum absolute atomic E-state index is 5.98. The summed E-state index contributed by atoms with van der Waals surface area (Å²) >= 11 is 12.0. The molecule has 0 spiro atoms. The molecule has 2 rings (SSSR count). The first-order valence-electron chi connectivity index (χ1n) is 7.47. The molecule has 2 aromatic rings. The summed E-state index contributed by atoms with van der Waals surface area (Å²) in [6.45, 7) is 4.46. The monoisotopic (exact) mass is 370 g/mol. The lowest BCUT2D eigenvalue weighted by atomic mass is 10.1. The molecule has 2 atom stereocenters. The SMILES string of the molecule is CC[C@H](SS[C@@H](CC)c1ccc(Cl)cc1)c1ccc(Cl)cc1. The summed E-state index contributed by atoms with van der Waals surface area (Å²) in [6.07, 6.45) is 2.21. The van der Waals surface area contributed by atoms with Crippen molar-refractivity contribution in [2.24, 2.45) is 0 Å². The van der Waals surface area contributed by atoms with Gasteiger partial charge in [0.25, 0.3) is 0 Å². The van der Waals surface area contributed by atoms with E-state index in [0.29, 0.717) is 10.5 Å². The van der Waals surface area contributed by atoms with Crippen molar-refractivity contribution >= 4 is 44.8 Å². The zero-order chi connectivity index (χ0) is 15.9. The molecular formula is C18H20Cl2S2. The molecule has 0 heterocycles. The van der Waals surface area contributed by atoms with E-state index in [2.05, 4.69) is 38.1 Å². The third kappa shape index (κ3) is 5.13. The smallest absolute Gasteiger partial charge is 0.0406 e. The number of benzene rings is 2. The molecule has 0 amide bonds. The fraction of sp³-hybridized carbons (Fsp3) is 0.333. The normalized spacial score (nSPS) is 13.8. The molecule has 0 aliphatic carbocycles. The van der Waals surface area contributed by atoms with E-state index in [9.17, 15) is 0 Å².